The molecule has 4 atom stereocenters. The number of carboxylic acids is 2. The average molecular weight is 711 g/mol. The van der Waals surface area contributed by atoms with E-state index in [1.54, 1.807) is 37.3 Å². The predicted molar refractivity (Wildman–Crippen MR) is 185 cm³/mol. The molecule has 0 aromatic heterocycles. The van der Waals surface area contributed by atoms with Crippen molar-refractivity contribution >= 4 is 52.7 Å². The molecule has 13 nitrogen and oxygen atoms in total. The molecule has 0 saturated carbocycles. The molecule has 2 aromatic rings. The topological polar surface area (TPSA) is 189 Å². The standard InChI is InChI=1S/C16H15NO4.C8H12N2O3S.C6H15N.C3H5ClO2/c18-15(19)14(13-9-5-2-6-10-13)17-16(20)21-11-12-7-3-1-4-8-12;1-8(2)4(7(12)13)10-5(11)3(9)6(10)14-8;1-4-7(5-2)6-3;1-2-6-3(4)5/h1-10,14H,11H2,(H,17,20)(H,18,19);3-4,6H,9H2,1-2H3,(H,12,13);4-6H2,1-3H3;2H2,1H3/t14-;3-,4?,6-;;/m01../s1. The maximum Gasteiger partial charge on any atom is 0.408 e. The Kier molecular flexibility index (Phi) is 18.6. The highest BCUT2D eigenvalue weighted by Crippen LogP contribution is 2.50. The fraction of sp³-hybridized carbons (Fsp3) is 0.485. The van der Waals surface area contributed by atoms with Gasteiger partial charge in [0, 0.05) is 16.3 Å². The van der Waals surface area contributed by atoms with E-state index in [9.17, 15) is 29.1 Å². The van der Waals surface area contributed by atoms with E-state index in [1.807, 2.05) is 44.2 Å². The third-order valence-corrected chi connectivity index (χ3v) is 8.87. The van der Waals surface area contributed by atoms with Gasteiger partial charge in [-0.1, -0.05) is 81.4 Å². The van der Waals surface area contributed by atoms with Gasteiger partial charge in [-0.25, -0.2) is 19.2 Å². The lowest BCUT2D eigenvalue weighted by molar-refractivity contribution is -0.159. The molecule has 2 heterocycles. The van der Waals surface area contributed by atoms with Crippen LogP contribution in [0.25, 0.3) is 0 Å². The van der Waals surface area contributed by atoms with E-state index in [2.05, 4.69) is 35.7 Å². The van der Waals surface area contributed by atoms with Gasteiger partial charge in [-0.2, -0.15) is 0 Å². The normalized spacial score (nSPS) is 18.9. The average Bonchev–Trinajstić information content (AvgIpc) is 3.33. The summed E-state index contributed by atoms with van der Waals surface area (Å²) in [7, 11) is 0. The zero-order valence-electron chi connectivity index (χ0n) is 28.1. The summed E-state index contributed by atoms with van der Waals surface area (Å²) in [4.78, 5) is 58.7. The molecule has 266 valence electrons. The smallest absolute Gasteiger partial charge is 0.408 e. The van der Waals surface area contributed by atoms with Crippen LogP contribution < -0.4 is 11.1 Å². The molecule has 5 N–H and O–H groups in total. The Balaban J connectivity index is 0.000000365. The van der Waals surface area contributed by atoms with Crippen molar-refractivity contribution in [1.82, 2.24) is 15.1 Å². The number of ether oxygens (including phenoxy) is 2. The van der Waals surface area contributed by atoms with Gasteiger partial charge in [-0.05, 0) is 51.5 Å². The molecule has 0 radical (unpaired) electrons. The number of halogens is 1. The number of amides is 2. The van der Waals surface area contributed by atoms with Gasteiger partial charge in [-0.3, -0.25) is 4.79 Å². The van der Waals surface area contributed by atoms with E-state index in [1.165, 1.54) is 36.3 Å². The van der Waals surface area contributed by atoms with Gasteiger partial charge >= 0.3 is 23.5 Å². The van der Waals surface area contributed by atoms with E-state index < -0.39 is 46.3 Å². The molecule has 2 aliphatic heterocycles. The number of β-lactam (4-membered cyclic amide) rings is 1. The summed E-state index contributed by atoms with van der Waals surface area (Å²) in [6.45, 7) is 15.9. The number of alkyl carbamates (subject to hydrolysis) is 1. The van der Waals surface area contributed by atoms with Gasteiger partial charge in [0.25, 0.3) is 0 Å². The van der Waals surface area contributed by atoms with E-state index in [4.69, 9.17) is 27.2 Å². The highest BCUT2D eigenvalue weighted by atomic mass is 35.5. The fourth-order valence-electron chi connectivity index (χ4n) is 4.64. The van der Waals surface area contributed by atoms with E-state index in [-0.39, 0.29) is 17.9 Å². The Labute approximate surface area is 291 Å². The zero-order valence-corrected chi connectivity index (χ0v) is 29.7. The molecular weight excluding hydrogens is 664 g/mol. The molecule has 2 amide bonds. The summed E-state index contributed by atoms with van der Waals surface area (Å²) in [5.74, 6) is -2.34. The minimum atomic E-state index is -1.14. The number of hydrogen-bond acceptors (Lipinski definition) is 10. The van der Waals surface area contributed by atoms with Crippen molar-refractivity contribution in [2.24, 2.45) is 5.73 Å². The summed E-state index contributed by atoms with van der Waals surface area (Å²) in [6, 6.07) is 15.2. The molecule has 2 aliphatic rings. The fourth-order valence-corrected chi connectivity index (χ4v) is 6.32. The van der Waals surface area contributed by atoms with Crippen molar-refractivity contribution in [2.75, 3.05) is 26.2 Å². The Morgan fingerprint density at radius 3 is 1.88 bits per heavy atom. The van der Waals surface area contributed by atoms with Crippen LogP contribution in [0.1, 0.15) is 58.7 Å². The van der Waals surface area contributed by atoms with Gasteiger partial charge in [0.1, 0.15) is 24.1 Å². The van der Waals surface area contributed by atoms with Crippen LogP contribution in [0.2, 0.25) is 0 Å². The minimum Gasteiger partial charge on any atom is -0.480 e. The monoisotopic (exact) mass is 710 g/mol. The van der Waals surface area contributed by atoms with Gasteiger partial charge in [0.05, 0.1) is 6.61 Å². The van der Waals surface area contributed by atoms with Crippen LogP contribution in [0.4, 0.5) is 9.59 Å². The van der Waals surface area contributed by atoms with E-state index >= 15 is 0 Å². The number of fused-ring (bicyclic) bond motifs is 1. The maximum atomic E-state index is 11.7. The van der Waals surface area contributed by atoms with Gasteiger partial charge in [0.2, 0.25) is 5.91 Å². The number of aliphatic carboxylic acids is 2. The molecule has 0 bridgehead atoms. The SMILES string of the molecule is CC1(C)S[C@@H]2[C@H](N)C(=O)N2C1C(=O)O.CCN(CC)CC.CCOC(=O)Cl.O=C(N[C@H](C(=O)O)c1ccccc1)OCc1ccccc1. The Morgan fingerprint density at radius 2 is 1.48 bits per heavy atom. The lowest BCUT2D eigenvalue weighted by Gasteiger charge is -2.41. The van der Waals surface area contributed by atoms with Gasteiger partial charge in [0.15, 0.2) is 6.04 Å². The molecule has 2 aromatic carbocycles. The molecule has 2 fully saturated rings. The number of benzene rings is 2. The van der Waals surface area contributed by atoms with Crippen LogP contribution in [0.5, 0.6) is 0 Å². The quantitative estimate of drug-likeness (QED) is 0.193. The number of carbonyl (C=O) groups excluding carboxylic acids is 3. The third-order valence-electron chi connectivity index (χ3n) is 7.17. The maximum absolute atomic E-state index is 11.7. The molecule has 2 saturated heterocycles. The largest absolute Gasteiger partial charge is 0.480 e. The van der Waals surface area contributed by atoms with Crippen molar-refractivity contribution in [3.05, 3.63) is 71.8 Å². The van der Waals surface area contributed by atoms with Crippen LogP contribution in [0.3, 0.4) is 0 Å². The van der Waals surface area contributed by atoms with E-state index in [0.29, 0.717) is 12.2 Å². The number of carbonyl (C=O) groups is 5. The lowest BCUT2D eigenvalue weighted by Crippen LogP contribution is -2.68. The van der Waals surface area contributed by atoms with E-state index in [0.717, 1.165) is 5.56 Å². The number of nitrogens with one attached hydrogen (secondary N) is 1. The zero-order chi connectivity index (χ0) is 36.4. The Morgan fingerprint density at radius 1 is 0.958 bits per heavy atom. The summed E-state index contributed by atoms with van der Waals surface area (Å²) < 4.78 is 8.73. The van der Waals surface area contributed by atoms with Gasteiger partial charge < -0.3 is 40.5 Å². The Bertz CT molecular complexity index is 1310. The highest BCUT2D eigenvalue weighted by molar-refractivity contribution is 8.01. The first-order valence-electron chi connectivity index (χ1n) is 15.4. The summed E-state index contributed by atoms with van der Waals surface area (Å²) in [5.41, 5.74) is 6.17. The number of nitrogens with zero attached hydrogens (tertiary/aromatic N) is 2. The number of nitrogens with two attached hydrogens (primary N) is 1. The van der Waals surface area contributed by atoms with Crippen molar-refractivity contribution in [2.45, 2.75) is 76.4 Å². The molecule has 4 rings (SSSR count). The number of hydrogen-bond donors (Lipinski definition) is 4. The third kappa shape index (κ3) is 13.3. The lowest BCUT2D eigenvalue weighted by atomic mass is 9.96. The molecule has 0 spiro atoms. The molecule has 1 unspecified atom stereocenters. The molecule has 48 heavy (non-hydrogen) atoms. The first-order chi connectivity index (χ1) is 22.6. The van der Waals surface area contributed by atoms with Crippen molar-refractivity contribution in [3.8, 4) is 0 Å². The Hall–Kier alpha value is -3.85. The van der Waals surface area contributed by atoms with Crippen LogP contribution in [-0.4, -0.2) is 97.8 Å². The van der Waals surface area contributed by atoms with Gasteiger partial charge in [-0.15, -0.1) is 11.8 Å². The second-order valence-corrected chi connectivity index (χ2v) is 12.9. The summed E-state index contributed by atoms with van der Waals surface area (Å²) in [6.07, 6.45) is -0.768. The van der Waals surface area contributed by atoms with Crippen molar-refractivity contribution in [3.63, 3.8) is 0 Å². The second kappa shape index (κ2) is 21.2. The molecule has 0 aliphatic carbocycles. The predicted octanol–water partition coefficient (Wildman–Crippen LogP) is 4.93. The van der Waals surface area contributed by atoms with Crippen molar-refractivity contribution < 1.29 is 43.7 Å². The van der Waals surface area contributed by atoms with Crippen LogP contribution in [0, 0.1) is 0 Å². The number of rotatable bonds is 10. The van der Waals surface area contributed by atoms with Crippen LogP contribution in [-0.2, 0) is 30.5 Å². The second-order valence-electron chi connectivity index (χ2n) is 10.8. The van der Waals surface area contributed by atoms with Crippen LogP contribution in [0.15, 0.2) is 60.7 Å². The van der Waals surface area contributed by atoms with Crippen LogP contribution >= 0.6 is 23.4 Å². The number of carboxylic acid groups (broad SMARTS) is 2. The van der Waals surface area contributed by atoms with Crippen molar-refractivity contribution in [1.29, 1.82) is 0 Å². The number of thioether (sulfide) groups is 1. The minimum absolute atomic E-state index is 0.0911. The first-order valence-corrected chi connectivity index (χ1v) is 16.7. The molecular formula is C33H47ClN4O9S. The molecule has 15 heteroatoms. The highest BCUT2D eigenvalue weighted by Gasteiger charge is 2.62. The summed E-state index contributed by atoms with van der Waals surface area (Å²) in [5, 5.41) is 20.4. The summed E-state index contributed by atoms with van der Waals surface area (Å²) >= 11 is 6.18. The first kappa shape index (κ1) is 42.2.